The van der Waals surface area contributed by atoms with Crippen molar-refractivity contribution in [3.8, 4) is 0 Å². The van der Waals surface area contributed by atoms with Crippen LogP contribution < -0.4 is 18.3 Å². The first-order valence-corrected chi connectivity index (χ1v) is 16.2. The number of halogens is 4. The van der Waals surface area contributed by atoms with Crippen molar-refractivity contribution in [3.05, 3.63) is 169 Å². The molecule has 0 saturated heterocycles. The number of nitrogens with zero attached hydrogens (tertiary/aromatic N) is 4. The quantitative estimate of drug-likeness (QED) is 0.144. The minimum Gasteiger partial charge on any atom is -0.313 e. The molecule has 0 aliphatic carbocycles. The molecule has 220 valence electrons. The van der Waals surface area contributed by atoms with Gasteiger partial charge in [-0.05, 0) is 48.5 Å². The molecule has 9 heteroatoms. The van der Waals surface area contributed by atoms with Crippen molar-refractivity contribution < 1.29 is 17.6 Å². The lowest BCUT2D eigenvalue weighted by molar-refractivity contribution is 0.509. The van der Waals surface area contributed by atoms with Gasteiger partial charge in [-0.15, -0.1) is 0 Å². The van der Waals surface area contributed by atoms with Crippen LogP contribution in [0.4, 0.5) is 63.1 Å². The fraction of sp³-hybridized carbons (Fsp3) is 0. The third kappa shape index (κ3) is 3.90. The van der Waals surface area contributed by atoms with Crippen molar-refractivity contribution in [3.63, 3.8) is 0 Å². The molecule has 2 aliphatic heterocycles. The summed E-state index contributed by atoms with van der Waals surface area (Å²) in [4.78, 5) is 0. The summed E-state index contributed by atoms with van der Waals surface area (Å²) in [5.41, 5.74) is 4.49. The van der Waals surface area contributed by atoms with E-state index in [-0.39, 0.29) is 0 Å². The Hall–Kier alpha value is -5.54. The van der Waals surface area contributed by atoms with Crippen LogP contribution in [0.25, 0.3) is 0 Å². The maximum atomic E-state index is 15.3. The van der Waals surface area contributed by atoms with Crippen molar-refractivity contribution in [2.75, 3.05) is 18.3 Å². The number of fused-ring (bicyclic) bond motifs is 2. The highest BCUT2D eigenvalue weighted by Crippen LogP contribution is 2.62. The summed E-state index contributed by atoms with van der Waals surface area (Å²) >= 11 is 0. The van der Waals surface area contributed by atoms with Crippen molar-refractivity contribution in [2.45, 2.75) is 0 Å². The SMILES string of the molecule is Fc1cc2c(cc1F)N(c1ccccc1)[Si]1(N2c2ccccc2)N(c2ccccc2)c2cc(F)c(F)cc2N1c1ccccc1. The summed E-state index contributed by atoms with van der Waals surface area (Å²) in [5, 5.41) is 0. The molecule has 2 aliphatic rings. The lowest BCUT2D eigenvalue weighted by Gasteiger charge is -2.49. The highest BCUT2D eigenvalue weighted by atomic mass is 28.4. The molecule has 0 aromatic heterocycles. The first-order chi connectivity index (χ1) is 22.0. The second-order valence-corrected chi connectivity index (χ2v) is 13.8. The molecule has 0 amide bonds. The zero-order chi connectivity index (χ0) is 30.7. The van der Waals surface area contributed by atoms with Crippen molar-refractivity contribution >= 4 is 54.2 Å². The minimum absolute atomic E-state index is 0.422. The molecule has 2 heterocycles. The Bertz CT molecular complexity index is 1730. The Kier molecular flexibility index (Phi) is 6.17. The number of para-hydroxylation sites is 4. The van der Waals surface area contributed by atoms with Crippen LogP contribution in [0.2, 0.25) is 0 Å². The van der Waals surface area contributed by atoms with E-state index in [1.807, 2.05) is 140 Å². The van der Waals surface area contributed by atoms with Crippen LogP contribution >= 0.6 is 0 Å². The number of benzene rings is 6. The van der Waals surface area contributed by atoms with Crippen LogP contribution in [-0.2, 0) is 0 Å². The smallest absolute Gasteiger partial charge is 0.313 e. The summed E-state index contributed by atoms with van der Waals surface area (Å²) < 4.78 is 69.5. The molecule has 6 aromatic rings. The predicted molar refractivity (Wildman–Crippen MR) is 173 cm³/mol. The van der Waals surface area contributed by atoms with Crippen molar-refractivity contribution in [2.24, 2.45) is 0 Å². The third-order valence-electron chi connectivity index (χ3n) is 8.26. The van der Waals surface area contributed by atoms with Crippen LogP contribution in [-0.4, -0.2) is 8.72 Å². The fourth-order valence-corrected chi connectivity index (χ4v) is 11.8. The normalized spacial score (nSPS) is 14.7. The molecule has 0 unspecified atom stereocenters. The molecule has 0 radical (unpaired) electrons. The van der Waals surface area contributed by atoms with E-state index in [0.29, 0.717) is 45.5 Å². The van der Waals surface area contributed by atoms with Gasteiger partial charge in [0.05, 0.1) is 22.7 Å². The second kappa shape index (κ2) is 10.3. The van der Waals surface area contributed by atoms with Crippen LogP contribution in [0.1, 0.15) is 0 Å². The van der Waals surface area contributed by atoms with E-state index in [0.717, 1.165) is 0 Å². The first kappa shape index (κ1) is 27.0. The highest BCUT2D eigenvalue weighted by molar-refractivity contribution is 6.99. The Balaban J connectivity index is 1.60. The van der Waals surface area contributed by atoms with Gasteiger partial charge in [0.1, 0.15) is 0 Å². The van der Waals surface area contributed by atoms with Gasteiger partial charge in [-0.1, -0.05) is 72.8 Å². The van der Waals surface area contributed by atoms with Gasteiger partial charge in [-0.25, -0.2) is 17.6 Å². The highest BCUT2D eigenvalue weighted by Gasteiger charge is 2.70. The van der Waals surface area contributed by atoms with Crippen LogP contribution in [0.5, 0.6) is 0 Å². The fourth-order valence-electron chi connectivity index (χ4n) is 6.57. The lowest BCUT2D eigenvalue weighted by atomic mass is 10.2. The van der Waals surface area contributed by atoms with Gasteiger partial charge in [0.15, 0.2) is 23.3 Å². The molecular weight excluding hydrogens is 593 g/mol. The number of anilines is 8. The Morgan fingerprint density at radius 3 is 0.711 bits per heavy atom. The third-order valence-corrected chi connectivity index (χ3v) is 12.7. The van der Waals surface area contributed by atoms with E-state index < -0.39 is 32.0 Å². The van der Waals surface area contributed by atoms with E-state index >= 15 is 17.6 Å². The summed E-state index contributed by atoms with van der Waals surface area (Å²) in [6, 6.07) is 42.7. The average molecular weight is 617 g/mol. The Morgan fingerprint density at radius 2 is 0.511 bits per heavy atom. The molecule has 6 aromatic carbocycles. The van der Waals surface area contributed by atoms with E-state index in [1.54, 1.807) is 0 Å². The van der Waals surface area contributed by atoms with Gasteiger partial charge in [0, 0.05) is 47.0 Å². The van der Waals surface area contributed by atoms with Gasteiger partial charge in [0.25, 0.3) is 0 Å². The van der Waals surface area contributed by atoms with Gasteiger partial charge < -0.3 is 18.3 Å². The standard InChI is InChI=1S/C36H24F4N4Si/c37-29-21-33-34(22-30(29)38)42(26-15-7-2-8-16-26)45(41(33)25-13-5-1-6-14-25)43(27-17-9-3-10-18-27)35-23-31(39)32(40)24-36(35)44(45)28-19-11-4-12-20-28/h1-24H. The number of hydrogen-bond acceptors (Lipinski definition) is 4. The van der Waals surface area contributed by atoms with Crippen LogP contribution in [0, 0.1) is 23.3 Å². The molecule has 8 rings (SSSR count). The number of rotatable bonds is 4. The molecule has 45 heavy (non-hydrogen) atoms. The first-order valence-electron chi connectivity index (χ1n) is 14.4. The molecule has 0 bridgehead atoms. The van der Waals surface area contributed by atoms with Crippen molar-refractivity contribution in [1.29, 1.82) is 0 Å². The maximum Gasteiger partial charge on any atom is 0.521 e. The zero-order valence-electron chi connectivity index (χ0n) is 23.7. The van der Waals surface area contributed by atoms with Crippen LogP contribution in [0.3, 0.4) is 0 Å². The van der Waals surface area contributed by atoms with Gasteiger partial charge in [0.2, 0.25) is 0 Å². The topological polar surface area (TPSA) is 13.0 Å². The van der Waals surface area contributed by atoms with Gasteiger partial charge in [-0.2, -0.15) is 0 Å². The van der Waals surface area contributed by atoms with E-state index in [4.69, 9.17) is 0 Å². The molecule has 4 nitrogen and oxygen atoms in total. The molecule has 0 atom stereocenters. The second-order valence-electron chi connectivity index (χ2n) is 10.8. The van der Waals surface area contributed by atoms with Gasteiger partial charge in [-0.3, -0.25) is 0 Å². The summed E-state index contributed by atoms with van der Waals surface area (Å²) in [7, 11) is -3.98. The largest absolute Gasteiger partial charge is 0.521 e. The zero-order valence-corrected chi connectivity index (χ0v) is 24.7. The minimum atomic E-state index is -3.98. The monoisotopic (exact) mass is 616 g/mol. The van der Waals surface area contributed by atoms with Gasteiger partial charge >= 0.3 is 8.72 Å². The Labute approximate surface area is 258 Å². The van der Waals surface area contributed by atoms with E-state index in [2.05, 4.69) is 0 Å². The Morgan fingerprint density at radius 1 is 0.311 bits per heavy atom. The van der Waals surface area contributed by atoms with Crippen molar-refractivity contribution in [1.82, 2.24) is 0 Å². The van der Waals surface area contributed by atoms with E-state index in [9.17, 15) is 0 Å². The molecular formula is C36H24F4N4Si. The molecule has 0 fully saturated rings. The summed E-state index contributed by atoms with van der Waals surface area (Å²) in [6.07, 6.45) is 0. The molecule has 0 N–H and O–H groups in total. The van der Waals surface area contributed by atoms with E-state index in [1.165, 1.54) is 24.3 Å². The predicted octanol–water partition coefficient (Wildman–Crippen LogP) is 9.96. The lowest BCUT2D eigenvalue weighted by Crippen LogP contribution is -2.76. The number of hydrogen-bond donors (Lipinski definition) is 0. The molecule has 1 spiro atoms. The molecule has 0 saturated carbocycles. The van der Waals surface area contributed by atoms with Crippen LogP contribution in [0.15, 0.2) is 146 Å². The maximum absolute atomic E-state index is 15.3. The average Bonchev–Trinajstić information content (AvgIpc) is 3.50. The summed E-state index contributed by atoms with van der Waals surface area (Å²) in [5.74, 6) is -4.00. The summed E-state index contributed by atoms with van der Waals surface area (Å²) in [6.45, 7) is 0.